The smallest absolute Gasteiger partial charge is 0.184 e. The number of hydrogen-bond donors (Lipinski definition) is 0. The lowest BCUT2D eigenvalue weighted by Crippen LogP contribution is -2.49. The first-order valence-corrected chi connectivity index (χ1v) is 4.64. The number of aldehydes is 1. The van der Waals surface area contributed by atoms with E-state index in [1.54, 1.807) is 0 Å². The fourth-order valence-corrected chi connectivity index (χ4v) is 2.04. The number of ether oxygens (including phenoxy) is 2. The van der Waals surface area contributed by atoms with E-state index in [1.165, 1.54) is 0 Å². The number of hydrogen-bond acceptors (Lipinski definition) is 3. The topological polar surface area (TPSA) is 35.5 Å². The van der Waals surface area contributed by atoms with Gasteiger partial charge in [-0.05, 0) is 13.3 Å². The minimum absolute atomic E-state index is 0.595. The standard InChI is InChI=1S/C10H14O3/c1-9(8-11)4-2-3-5-10(9)12-6-7-13-10/h2,4,8H,3,5-7H2,1H3/t9-/m0/s1. The van der Waals surface area contributed by atoms with E-state index in [4.69, 9.17) is 9.47 Å². The molecule has 1 fully saturated rings. The average Bonchev–Trinajstić information content (AvgIpc) is 2.61. The summed E-state index contributed by atoms with van der Waals surface area (Å²) < 4.78 is 11.2. The van der Waals surface area contributed by atoms with Crippen molar-refractivity contribution < 1.29 is 14.3 Å². The van der Waals surface area contributed by atoms with E-state index in [-0.39, 0.29) is 0 Å². The van der Waals surface area contributed by atoms with Gasteiger partial charge in [0.1, 0.15) is 6.29 Å². The highest BCUT2D eigenvalue weighted by molar-refractivity contribution is 5.64. The minimum atomic E-state index is -0.677. The zero-order chi connectivity index (χ0) is 9.36. The molecular weight excluding hydrogens is 168 g/mol. The normalized spacial score (nSPS) is 36.7. The van der Waals surface area contributed by atoms with Crippen LogP contribution in [0, 0.1) is 5.41 Å². The van der Waals surface area contributed by atoms with Gasteiger partial charge in [0.05, 0.1) is 18.6 Å². The van der Waals surface area contributed by atoms with Crippen molar-refractivity contribution in [2.75, 3.05) is 13.2 Å². The third-order valence-corrected chi connectivity index (χ3v) is 2.92. The van der Waals surface area contributed by atoms with Gasteiger partial charge in [0.2, 0.25) is 0 Å². The van der Waals surface area contributed by atoms with Gasteiger partial charge in [-0.1, -0.05) is 12.2 Å². The van der Waals surface area contributed by atoms with Crippen LogP contribution in [-0.2, 0) is 14.3 Å². The van der Waals surface area contributed by atoms with Gasteiger partial charge in [0.15, 0.2) is 5.79 Å². The molecule has 3 nitrogen and oxygen atoms in total. The van der Waals surface area contributed by atoms with Crippen LogP contribution in [0.1, 0.15) is 19.8 Å². The fourth-order valence-electron chi connectivity index (χ4n) is 2.04. The van der Waals surface area contributed by atoms with Crippen LogP contribution in [0.5, 0.6) is 0 Å². The molecule has 1 spiro atoms. The third-order valence-electron chi connectivity index (χ3n) is 2.92. The van der Waals surface area contributed by atoms with Crippen LogP contribution in [0.4, 0.5) is 0 Å². The molecule has 2 aliphatic rings. The van der Waals surface area contributed by atoms with Gasteiger partial charge in [0.25, 0.3) is 0 Å². The molecule has 0 amide bonds. The van der Waals surface area contributed by atoms with E-state index < -0.39 is 11.2 Å². The summed E-state index contributed by atoms with van der Waals surface area (Å²) in [4.78, 5) is 11.0. The molecule has 0 aromatic heterocycles. The van der Waals surface area contributed by atoms with Gasteiger partial charge in [-0.25, -0.2) is 0 Å². The van der Waals surface area contributed by atoms with Gasteiger partial charge >= 0.3 is 0 Å². The summed E-state index contributed by atoms with van der Waals surface area (Å²) in [6.45, 7) is 3.05. The van der Waals surface area contributed by atoms with E-state index in [9.17, 15) is 4.79 Å². The molecule has 1 atom stereocenters. The number of carbonyl (C=O) groups excluding carboxylic acids is 1. The molecule has 0 bridgehead atoms. The Balaban J connectivity index is 2.35. The second kappa shape index (κ2) is 2.93. The second-order valence-electron chi connectivity index (χ2n) is 3.79. The number of rotatable bonds is 1. The molecule has 1 aliphatic heterocycles. The average molecular weight is 182 g/mol. The Hall–Kier alpha value is -0.670. The molecule has 1 saturated heterocycles. The first-order valence-electron chi connectivity index (χ1n) is 4.64. The molecule has 13 heavy (non-hydrogen) atoms. The lowest BCUT2D eigenvalue weighted by atomic mass is 9.76. The number of allylic oxidation sites excluding steroid dienone is 1. The van der Waals surface area contributed by atoms with Crippen LogP contribution in [0.2, 0.25) is 0 Å². The van der Waals surface area contributed by atoms with E-state index >= 15 is 0 Å². The summed E-state index contributed by atoms with van der Waals surface area (Å²) in [6.07, 6.45) is 6.54. The van der Waals surface area contributed by atoms with Crippen LogP contribution >= 0.6 is 0 Å². The molecule has 1 heterocycles. The largest absolute Gasteiger partial charge is 0.346 e. The third kappa shape index (κ3) is 1.15. The van der Waals surface area contributed by atoms with Crippen LogP contribution in [0.3, 0.4) is 0 Å². The van der Waals surface area contributed by atoms with Crippen molar-refractivity contribution >= 4 is 6.29 Å². The van der Waals surface area contributed by atoms with Crippen molar-refractivity contribution in [1.82, 2.24) is 0 Å². The van der Waals surface area contributed by atoms with Crippen LogP contribution in [0.25, 0.3) is 0 Å². The molecule has 1 aliphatic carbocycles. The maximum Gasteiger partial charge on any atom is 0.184 e. The molecule has 0 N–H and O–H groups in total. The first kappa shape index (κ1) is 8.91. The lowest BCUT2D eigenvalue weighted by Gasteiger charge is -2.41. The molecule has 3 heteroatoms. The Labute approximate surface area is 77.7 Å². The lowest BCUT2D eigenvalue weighted by molar-refractivity contribution is -0.216. The molecule has 2 rings (SSSR count). The molecule has 72 valence electrons. The highest BCUT2D eigenvalue weighted by Gasteiger charge is 2.52. The van der Waals surface area contributed by atoms with Crippen molar-refractivity contribution in [2.24, 2.45) is 5.41 Å². The van der Waals surface area contributed by atoms with Crippen LogP contribution in [0.15, 0.2) is 12.2 Å². The molecular formula is C10H14O3. The summed E-state index contributed by atoms with van der Waals surface area (Å²) in [5.74, 6) is -0.677. The predicted molar refractivity (Wildman–Crippen MR) is 47.2 cm³/mol. The van der Waals surface area contributed by atoms with E-state index in [0.717, 1.165) is 19.1 Å². The van der Waals surface area contributed by atoms with Crippen LogP contribution in [-0.4, -0.2) is 25.3 Å². The summed E-state index contributed by atoms with van der Waals surface area (Å²) in [7, 11) is 0. The monoisotopic (exact) mass is 182 g/mol. The minimum Gasteiger partial charge on any atom is -0.346 e. The first-order chi connectivity index (χ1) is 6.22. The highest BCUT2D eigenvalue weighted by atomic mass is 16.7. The SMILES string of the molecule is C[C@@]1(C=O)C=CCCC12OCCO2. The molecule has 0 unspecified atom stereocenters. The summed E-state index contributed by atoms with van der Waals surface area (Å²) in [5, 5.41) is 0. The Morgan fingerprint density at radius 2 is 2.08 bits per heavy atom. The van der Waals surface area contributed by atoms with Crippen molar-refractivity contribution in [3.8, 4) is 0 Å². The predicted octanol–water partition coefficient (Wildman–Crippen LogP) is 1.28. The van der Waals surface area contributed by atoms with E-state index in [0.29, 0.717) is 13.2 Å². The fraction of sp³-hybridized carbons (Fsp3) is 0.700. The van der Waals surface area contributed by atoms with Crippen molar-refractivity contribution in [3.05, 3.63) is 12.2 Å². The van der Waals surface area contributed by atoms with Gasteiger partial charge in [-0.2, -0.15) is 0 Å². The Kier molecular flexibility index (Phi) is 2.00. The van der Waals surface area contributed by atoms with E-state index in [1.807, 2.05) is 19.1 Å². The maximum absolute atomic E-state index is 11.0. The quantitative estimate of drug-likeness (QED) is 0.452. The Bertz CT molecular complexity index is 241. The molecule has 0 saturated carbocycles. The molecule has 0 aromatic rings. The molecule has 0 aromatic carbocycles. The van der Waals surface area contributed by atoms with Gasteiger partial charge in [-0.15, -0.1) is 0 Å². The summed E-state index contributed by atoms with van der Waals surface area (Å²) in [5.41, 5.74) is -0.609. The zero-order valence-corrected chi connectivity index (χ0v) is 7.79. The summed E-state index contributed by atoms with van der Waals surface area (Å²) >= 11 is 0. The van der Waals surface area contributed by atoms with Crippen molar-refractivity contribution in [1.29, 1.82) is 0 Å². The van der Waals surface area contributed by atoms with Gasteiger partial charge < -0.3 is 14.3 Å². The molecule has 0 radical (unpaired) electrons. The Morgan fingerprint density at radius 1 is 1.38 bits per heavy atom. The van der Waals surface area contributed by atoms with E-state index in [2.05, 4.69) is 0 Å². The van der Waals surface area contributed by atoms with Gasteiger partial charge in [-0.3, -0.25) is 0 Å². The van der Waals surface area contributed by atoms with Crippen molar-refractivity contribution in [2.45, 2.75) is 25.6 Å². The van der Waals surface area contributed by atoms with Gasteiger partial charge in [0, 0.05) is 6.42 Å². The highest BCUT2D eigenvalue weighted by Crippen LogP contribution is 2.44. The summed E-state index contributed by atoms with van der Waals surface area (Å²) in [6, 6.07) is 0. The van der Waals surface area contributed by atoms with Crippen molar-refractivity contribution in [3.63, 3.8) is 0 Å². The maximum atomic E-state index is 11.0. The zero-order valence-electron chi connectivity index (χ0n) is 7.79. The van der Waals surface area contributed by atoms with Crippen LogP contribution < -0.4 is 0 Å². The second-order valence-corrected chi connectivity index (χ2v) is 3.79. The Morgan fingerprint density at radius 3 is 2.69 bits per heavy atom. The number of carbonyl (C=O) groups is 1.